The van der Waals surface area contributed by atoms with Crippen LogP contribution in [0.4, 0.5) is 0 Å². The smallest absolute Gasteiger partial charge is 0.258 e. The molecule has 0 spiro atoms. The lowest BCUT2D eigenvalue weighted by Gasteiger charge is -2.25. The van der Waals surface area contributed by atoms with Crippen molar-refractivity contribution in [2.45, 2.75) is 39.3 Å². The SMILES string of the molecule is CC(C)[C@H](C)N1C(=O)CC(O)C1=O. The maximum atomic E-state index is 11.3. The van der Waals surface area contributed by atoms with Crippen molar-refractivity contribution in [3.63, 3.8) is 0 Å². The molecule has 1 fully saturated rings. The molecule has 0 aliphatic carbocycles. The zero-order chi connectivity index (χ0) is 10.2. The van der Waals surface area contributed by atoms with Gasteiger partial charge in [-0.3, -0.25) is 14.5 Å². The minimum Gasteiger partial charge on any atom is -0.383 e. The first kappa shape index (κ1) is 10.2. The summed E-state index contributed by atoms with van der Waals surface area (Å²) in [5.74, 6) is -0.497. The largest absolute Gasteiger partial charge is 0.383 e. The lowest BCUT2D eigenvalue weighted by molar-refractivity contribution is -0.144. The van der Waals surface area contributed by atoms with Crippen LogP contribution >= 0.6 is 0 Å². The summed E-state index contributed by atoms with van der Waals surface area (Å²) < 4.78 is 0. The van der Waals surface area contributed by atoms with E-state index in [4.69, 9.17) is 5.11 Å². The predicted octanol–water partition coefficient (Wildman–Crippen LogP) is 0.151. The van der Waals surface area contributed by atoms with Gasteiger partial charge in [0, 0.05) is 6.04 Å². The van der Waals surface area contributed by atoms with E-state index in [2.05, 4.69) is 0 Å². The van der Waals surface area contributed by atoms with Crippen LogP contribution in [0.5, 0.6) is 0 Å². The number of aliphatic hydroxyl groups is 1. The number of carbonyl (C=O) groups is 2. The van der Waals surface area contributed by atoms with Gasteiger partial charge in [0.15, 0.2) is 0 Å². The summed E-state index contributed by atoms with van der Waals surface area (Å²) in [6, 6.07) is -0.128. The quantitative estimate of drug-likeness (QED) is 0.623. The molecule has 0 aromatic rings. The molecule has 1 unspecified atom stereocenters. The average Bonchev–Trinajstić information content (AvgIpc) is 2.26. The van der Waals surface area contributed by atoms with Crippen molar-refractivity contribution in [3.05, 3.63) is 0 Å². The Labute approximate surface area is 77.5 Å². The second-order valence-corrected chi connectivity index (χ2v) is 3.81. The molecule has 1 heterocycles. The predicted molar refractivity (Wildman–Crippen MR) is 46.8 cm³/mol. The van der Waals surface area contributed by atoms with Gasteiger partial charge in [0.2, 0.25) is 5.91 Å². The van der Waals surface area contributed by atoms with Gasteiger partial charge in [-0.1, -0.05) is 13.8 Å². The van der Waals surface area contributed by atoms with E-state index in [1.54, 1.807) is 0 Å². The van der Waals surface area contributed by atoms with Crippen molar-refractivity contribution >= 4 is 11.8 Å². The summed E-state index contributed by atoms with van der Waals surface area (Å²) in [6.07, 6.45) is -1.18. The number of rotatable bonds is 2. The summed E-state index contributed by atoms with van der Waals surface area (Å²) in [7, 11) is 0. The Bertz CT molecular complexity index is 237. The summed E-state index contributed by atoms with van der Waals surface area (Å²) in [5, 5.41) is 9.16. The van der Waals surface area contributed by atoms with E-state index < -0.39 is 12.0 Å². The van der Waals surface area contributed by atoms with Crippen molar-refractivity contribution in [2.24, 2.45) is 5.92 Å². The molecular formula is C9H15NO3. The molecule has 2 amide bonds. The molecule has 74 valence electrons. The molecule has 4 heteroatoms. The minimum absolute atomic E-state index is 0.0596. The van der Waals surface area contributed by atoms with E-state index in [0.29, 0.717) is 0 Å². The molecule has 0 aromatic heterocycles. The van der Waals surface area contributed by atoms with Crippen molar-refractivity contribution in [3.8, 4) is 0 Å². The third-order valence-electron chi connectivity index (χ3n) is 2.53. The number of aliphatic hydroxyl groups excluding tert-OH is 1. The highest BCUT2D eigenvalue weighted by molar-refractivity contribution is 6.05. The van der Waals surface area contributed by atoms with E-state index in [1.807, 2.05) is 20.8 Å². The zero-order valence-electron chi connectivity index (χ0n) is 8.15. The Morgan fingerprint density at radius 1 is 1.38 bits per heavy atom. The molecule has 1 rings (SSSR count). The first-order valence-corrected chi connectivity index (χ1v) is 4.49. The van der Waals surface area contributed by atoms with Gasteiger partial charge in [-0.15, -0.1) is 0 Å². The number of likely N-dealkylation sites (tertiary alicyclic amines) is 1. The van der Waals surface area contributed by atoms with E-state index >= 15 is 0 Å². The maximum absolute atomic E-state index is 11.3. The number of hydrogen-bond donors (Lipinski definition) is 1. The van der Waals surface area contributed by atoms with Crippen LogP contribution in [-0.4, -0.2) is 34.0 Å². The molecule has 0 bridgehead atoms. The zero-order valence-corrected chi connectivity index (χ0v) is 8.15. The van der Waals surface area contributed by atoms with Gasteiger partial charge < -0.3 is 5.11 Å². The molecule has 0 saturated carbocycles. The van der Waals surface area contributed by atoms with E-state index in [1.165, 1.54) is 4.90 Å². The Morgan fingerprint density at radius 2 is 1.92 bits per heavy atom. The van der Waals surface area contributed by atoms with Crippen LogP contribution in [0.15, 0.2) is 0 Å². The lowest BCUT2D eigenvalue weighted by Crippen LogP contribution is -2.42. The van der Waals surface area contributed by atoms with Crippen molar-refractivity contribution in [1.29, 1.82) is 0 Å². The van der Waals surface area contributed by atoms with Crippen molar-refractivity contribution in [1.82, 2.24) is 4.90 Å². The Hall–Kier alpha value is -0.900. The molecule has 1 N–H and O–H groups in total. The van der Waals surface area contributed by atoms with Crippen LogP contribution in [-0.2, 0) is 9.59 Å². The van der Waals surface area contributed by atoms with E-state index in [0.717, 1.165) is 0 Å². The fourth-order valence-corrected chi connectivity index (χ4v) is 1.36. The third-order valence-corrected chi connectivity index (χ3v) is 2.53. The van der Waals surface area contributed by atoms with Gasteiger partial charge in [-0.2, -0.15) is 0 Å². The Balaban J connectivity index is 2.80. The number of nitrogens with zero attached hydrogens (tertiary/aromatic N) is 1. The highest BCUT2D eigenvalue weighted by atomic mass is 16.3. The monoisotopic (exact) mass is 185 g/mol. The molecule has 4 nitrogen and oxygen atoms in total. The Morgan fingerprint density at radius 3 is 2.23 bits per heavy atom. The summed E-state index contributed by atoms with van der Waals surface area (Å²) in [4.78, 5) is 23.8. The van der Waals surface area contributed by atoms with Crippen LogP contribution in [0, 0.1) is 5.92 Å². The second-order valence-electron chi connectivity index (χ2n) is 3.81. The second kappa shape index (κ2) is 3.46. The van der Waals surface area contributed by atoms with Gasteiger partial charge in [-0.05, 0) is 12.8 Å². The molecule has 1 saturated heterocycles. The molecule has 1 aliphatic heterocycles. The third kappa shape index (κ3) is 1.72. The number of amides is 2. The van der Waals surface area contributed by atoms with Gasteiger partial charge in [0.25, 0.3) is 5.91 Å². The fraction of sp³-hybridized carbons (Fsp3) is 0.778. The van der Waals surface area contributed by atoms with Gasteiger partial charge in [0.05, 0.1) is 6.42 Å². The topological polar surface area (TPSA) is 57.6 Å². The fourth-order valence-electron chi connectivity index (χ4n) is 1.36. The van der Waals surface area contributed by atoms with Crippen LogP contribution < -0.4 is 0 Å². The normalized spacial score (nSPS) is 25.9. The van der Waals surface area contributed by atoms with Gasteiger partial charge >= 0.3 is 0 Å². The highest BCUT2D eigenvalue weighted by Crippen LogP contribution is 2.20. The molecular weight excluding hydrogens is 170 g/mol. The van der Waals surface area contributed by atoms with Crippen LogP contribution in [0.2, 0.25) is 0 Å². The molecule has 0 aromatic carbocycles. The number of imide groups is 1. The average molecular weight is 185 g/mol. The first-order chi connectivity index (χ1) is 5.95. The van der Waals surface area contributed by atoms with Crippen LogP contribution in [0.25, 0.3) is 0 Å². The van der Waals surface area contributed by atoms with Crippen LogP contribution in [0.3, 0.4) is 0 Å². The minimum atomic E-state index is -1.12. The summed E-state index contributed by atoms with van der Waals surface area (Å²) in [6.45, 7) is 5.70. The number of carbonyl (C=O) groups excluding carboxylic acids is 2. The van der Waals surface area contributed by atoms with Crippen molar-refractivity contribution < 1.29 is 14.7 Å². The highest BCUT2D eigenvalue weighted by Gasteiger charge is 2.40. The van der Waals surface area contributed by atoms with E-state index in [-0.39, 0.29) is 24.3 Å². The molecule has 1 aliphatic rings. The standard InChI is InChI=1S/C9H15NO3/c1-5(2)6(3)10-8(12)4-7(11)9(10)13/h5-7,11H,4H2,1-3H3/t6-,7?/m0/s1. The molecule has 13 heavy (non-hydrogen) atoms. The Kier molecular flexibility index (Phi) is 2.71. The molecule has 2 atom stereocenters. The summed E-state index contributed by atoms with van der Waals surface area (Å²) in [5.41, 5.74) is 0. The van der Waals surface area contributed by atoms with Gasteiger partial charge in [-0.25, -0.2) is 0 Å². The molecule has 0 radical (unpaired) electrons. The maximum Gasteiger partial charge on any atom is 0.258 e. The summed E-state index contributed by atoms with van der Waals surface area (Å²) >= 11 is 0. The van der Waals surface area contributed by atoms with Crippen molar-refractivity contribution in [2.75, 3.05) is 0 Å². The number of hydrogen-bond acceptors (Lipinski definition) is 3. The first-order valence-electron chi connectivity index (χ1n) is 4.49. The van der Waals surface area contributed by atoms with E-state index in [9.17, 15) is 9.59 Å². The lowest BCUT2D eigenvalue weighted by atomic mass is 10.1. The van der Waals surface area contributed by atoms with Gasteiger partial charge in [0.1, 0.15) is 6.10 Å². The van der Waals surface area contributed by atoms with Crippen LogP contribution in [0.1, 0.15) is 27.2 Å².